The van der Waals surface area contributed by atoms with Crippen molar-refractivity contribution in [2.24, 2.45) is 0 Å². The lowest BCUT2D eigenvalue weighted by Crippen LogP contribution is -2.24. The van der Waals surface area contributed by atoms with E-state index in [2.05, 4.69) is 24.1 Å². The van der Waals surface area contributed by atoms with Gasteiger partial charge < -0.3 is 10.4 Å². The van der Waals surface area contributed by atoms with Gasteiger partial charge in [-0.1, -0.05) is 38.0 Å². The van der Waals surface area contributed by atoms with Crippen LogP contribution >= 0.6 is 0 Å². The van der Waals surface area contributed by atoms with Gasteiger partial charge in [0.2, 0.25) is 0 Å². The summed E-state index contributed by atoms with van der Waals surface area (Å²) in [5.41, 5.74) is 2.45. The van der Waals surface area contributed by atoms with Crippen molar-refractivity contribution in [1.29, 1.82) is 0 Å². The van der Waals surface area contributed by atoms with Crippen molar-refractivity contribution < 1.29 is 9.90 Å². The molecule has 1 aromatic rings. The van der Waals surface area contributed by atoms with Crippen LogP contribution in [0.1, 0.15) is 54.1 Å². The van der Waals surface area contributed by atoms with Crippen molar-refractivity contribution in [3.63, 3.8) is 0 Å². The van der Waals surface area contributed by atoms with Gasteiger partial charge in [-0.15, -0.1) is 0 Å². The minimum atomic E-state index is -0.153. The number of nitrogens with one attached hydrogen (secondary N) is 1. The Morgan fingerprint density at radius 1 is 1.30 bits per heavy atom. The summed E-state index contributed by atoms with van der Waals surface area (Å²) in [4.78, 5) is 12.0. The van der Waals surface area contributed by atoms with Crippen LogP contribution in [0.25, 0.3) is 0 Å². The largest absolute Gasteiger partial charge is 0.384 e. The van der Waals surface area contributed by atoms with Crippen molar-refractivity contribution in [3.05, 3.63) is 34.9 Å². The molecule has 0 saturated carbocycles. The third-order valence-corrected chi connectivity index (χ3v) is 3.11. The second-order valence-corrected chi connectivity index (χ2v) is 4.81. The van der Waals surface area contributed by atoms with Gasteiger partial charge in [0.05, 0.1) is 0 Å². The molecule has 1 aromatic carbocycles. The molecule has 20 heavy (non-hydrogen) atoms. The highest BCUT2D eigenvalue weighted by Gasteiger charge is 2.06. The molecule has 0 fully saturated rings. The van der Waals surface area contributed by atoms with E-state index in [1.54, 1.807) is 6.07 Å². The summed E-state index contributed by atoms with van der Waals surface area (Å²) in [6.45, 7) is 4.66. The molecule has 0 radical (unpaired) electrons. The first-order valence-corrected chi connectivity index (χ1v) is 7.17. The third kappa shape index (κ3) is 5.46. The van der Waals surface area contributed by atoms with E-state index >= 15 is 0 Å². The number of amides is 1. The van der Waals surface area contributed by atoms with Crippen LogP contribution in [0.15, 0.2) is 18.2 Å². The number of aliphatic hydroxyl groups excluding tert-OH is 1. The Labute approximate surface area is 121 Å². The Morgan fingerprint density at radius 3 is 2.75 bits per heavy atom. The summed E-state index contributed by atoms with van der Waals surface area (Å²) < 4.78 is 0. The lowest BCUT2D eigenvalue weighted by molar-refractivity contribution is 0.0953. The average Bonchev–Trinajstić information content (AvgIpc) is 2.45. The summed E-state index contributed by atoms with van der Waals surface area (Å²) in [7, 11) is 0. The van der Waals surface area contributed by atoms with Crippen molar-refractivity contribution in [1.82, 2.24) is 5.32 Å². The fourth-order valence-corrected chi connectivity index (χ4v) is 1.94. The monoisotopic (exact) mass is 273 g/mol. The molecule has 0 aliphatic rings. The summed E-state index contributed by atoms with van der Waals surface area (Å²) in [5, 5.41) is 11.6. The molecule has 0 bridgehead atoms. The van der Waals surface area contributed by atoms with E-state index in [1.807, 2.05) is 19.1 Å². The fraction of sp³-hybridized carbons (Fsp3) is 0.471. The normalized spacial score (nSPS) is 9.75. The lowest BCUT2D eigenvalue weighted by Gasteiger charge is -2.06. The van der Waals surface area contributed by atoms with Crippen molar-refractivity contribution in [2.45, 2.75) is 39.5 Å². The molecule has 108 valence electrons. The van der Waals surface area contributed by atoms with Crippen LogP contribution in [-0.4, -0.2) is 24.2 Å². The fourth-order valence-electron chi connectivity index (χ4n) is 1.94. The number of unbranched alkanes of at least 4 members (excludes halogenated alkanes) is 3. The average molecular weight is 273 g/mol. The zero-order valence-corrected chi connectivity index (χ0v) is 12.3. The molecule has 0 aliphatic carbocycles. The van der Waals surface area contributed by atoms with Gasteiger partial charge in [0, 0.05) is 17.7 Å². The molecule has 0 unspecified atom stereocenters. The van der Waals surface area contributed by atoms with Gasteiger partial charge in [0.15, 0.2) is 0 Å². The number of hydrogen-bond donors (Lipinski definition) is 2. The van der Waals surface area contributed by atoms with Gasteiger partial charge in [-0.25, -0.2) is 0 Å². The van der Waals surface area contributed by atoms with Gasteiger partial charge in [-0.3, -0.25) is 4.79 Å². The minimum absolute atomic E-state index is 0.0359. The smallest absolute Gasteiger partial charge is 0.251 e. The molecule has 0 heterocycles. The lowest BCUT2D eigenvalue weighted by atomic mass is 10.0. The summed E-state index contributed by atoms with van der Waals surface area (Å²) in [5.74, 6) is 5.44. The van der Waals surface area contributed by atoms with Crippen LogP contribution in [-0.2, 0) is 0 Å². The molecule has 1 amide bonds. The number of aliphatic hydroxyl groups is 1. The van der Waals surface area contributed by atoms with Crippen LogP contribution in [0.2, 0.25) is 0 Å². The number of carbonyl (C=O) groups is 1. The van der Waals surface area contributed by atoms with E-state index in [1.165, 1.54) is 12.8 Å². The second kappa shape index (κ2) is 9.17. The van der Waals surface area contributed by atoms with Crippen LogP contribution in [0.4, 0.5) is 0 Å². The van der Waals surface area contributed by atoms with Gasteiger partial charge >= 0.3 is 0 Å². The van der Waals surface area contributed by atoms with E-state index < -0.39 is 0 Å². The second-order valence-electron chi connectivity index (χ2n) is 4.81. The van der Waals surface area contributed by atoms with E-state index in [0.717, 1.165) is 30.5 Å². The quantitative estimate of drug-likeness (QED) is 0.618. The Hall–Kier alpha value is -1.79. The molecule has 0 spiro atoms. The Morgan fingerprint density at radius 2 is 2.10 bits per heavy atom. The standard InChI is InChI=1S/C17H23NO2/c1-3-4-5-6-11-18-17(20)16-10-9-15(8-7-12-19)14(2)13-16/h9-10,13,19H,3-6,11-12H2,1-2H3,(H,18,20). The molecule has 0 atom stereocenters. The molecule has 1 rings (SSSR count). The van der Waals surface area contributed by atoms with Gasteiger partial charge in [-0.05, 0) is 37.1 Å². The number of rotatable bonds is 6. The molecule has 0 aromatic heterocycles. The maximum atomic E-state index is 12.0. The molecule has 3 heteroatoms. The van der Waals surface area contributed by atoms with Crippen molar-refractivity contribution in [2.75, 3.05) is 13.2 Å². The van der Waals surface area contributed by atoms with Gasteiger partial charge in [0.25, 0.3) is 5.91 Å². The van der Waals surface area contributed by atoms with Gasteiger partial charge in [0.1, 0.15) is 6.61 Å². The van der Waals surface area contributed by atoms with E-state index in [9.17, 15) is 4.79 Å². The first-order valence-electron chi connectivity index (χ1n) is 7.17. The van der Waals surface area contributed by atoms with E-state index in [-0.39, 0.29) is 12.5 Å². The molecular weight excluding hydrogens is 250 g/mol. The van der Waals surface area contributed by atoms with Crippen LogP contribution in [0, 0.1) is 18.8 Å². The molecule has 0 aliphatic heterocycles. The number of benzene rings is 1. The minimum Gasteiger partial charge on any atom is -0.384 e. The van der Waals surface area contributed by atoms with E-state index in [0.29, 0.717) is 5.56 Å². The molecular formula is C17H23NO2. The number of carbonyl (C=O) groups excluding carboxylic acids is 1. The number of hydrogen-bond acceptors (Lipinski definition) is 2. The molecule has 0 saturated heterocycles. The predicted octanol–water partition coefficient (Wildman–Crippen LogP) is 2.65. The highest BCUT2D eigenvalue weighted by molar-refractivity contribution is 5.94. The zero-order valence-electron chi connectivity index (χ0n) is 12.3. The summed E-state index contributed by atoms with van der Waals surface area (Å²) in [6.07, 6.45) is 4.60. The highest BCUT2D eigenvalue weighted by Crippen LogP contribution is 2.10. The number of aryl methyl sites for hydroxylation is 1. The predicted molar refractivity (Wildman–Crippen MR) is 81.6 cm³/mol. The van der Waals surface area contributed by atoms with Crippen molar-refractivity contribution in [3.8, 4) is 11.8 Å². The highest BCUT2D eigenvalue weighted by atomic mass is 16.2. The summed E-state index contributed by atoms with van der Waals surface area (Å²) in [6, 6.07) is 5.43. The van der Waals surface area contributed by atoms with Crippen LogP contribution in [0.3, 0.4) is 0 Å². The maximum Gasteiger partial charge on any atom is 0.251 e. The SMILES string of the molecule is CCCCCCNC(=O)c1ccc(C#CCO)c(C)c1. The van der Waals surface area contributed by atoms with Gasteiger partial charge in [-0.2, -0.15) is 0 Å². The Balaban J connectivity index is 2.54. The van der Waals surface area contributed by atoms with Crippen LogP contribution < -0.4 is 5.32 Å². The van der Waals surface area contributed by atoms with Crippen LogP contribution in [0.5, 0.6) is 0 Å². The maximum absolute atomic E-state index is 12.0. The molecule has 3 nitrogen and oxygen atoms in total. The zero-order chi connectivity index (χ0) is 14.8. The first-order chi connectivity index (χ1) is 9.69. The Kier molecular flexibility index (Phi) is 7.46. The van der Waals surface area contributed by atoms with Crippen molar-refractivity contribution >= 4 is 5.91 Å². The summed E-state index contributed by atoms with van der Waals surface area (Å²) >= 11 is 0. The molecule has 2 N–H and O–H groups in total. The van der Waals surface area contributed by atoms with E-state index in [4.69, 9.17) is 5.11 Å². The topological polar surface area (TPSA) is 49.3 Å². The first kappa shape index (κ1) is 16.3. The Bertz CT molecular complexity index is 497. The third-order valence-electron chi connectivity index (χ3n) is 3.11.